The molecule has 1 fully saturated rings. The Morgan fingerprint density at radius 1 is 1.32 bits per heavy atom. The van der Waals surface area contributed by atoms with Gasteiger partial charge in [-0.2, -0.15) is 8.78 Å². The zero-order chi connectivity index (χ0) is 22.3. The van der Waals surface area contributed by atoms with E-state index in [9.17, 15) is 13.6 Å². The normalized spacial score (nSPS) is 17.0. The molecule has 1 unspecified atom stereocenters. The number of anilines is 2. The average molecular weight is 429 g/mol. The van der Waals surface area contributed by atoms with Gasteiger partial charge in [-0.3, -0.25) is 4.79 Å². The lowest BCUT2D eigenvalue weighted by Crippen LogP contribution is -2.31. The van der Waals surface area contributed by atoms with Crippen LogP contribution in [0.3, 0.4) is 0 Å². The number of halogens is 2. The minimum absolute atomic E-state index is 0.253. The number of amides is 1. The molecule has 0 radical (unpaired) electrons. The summed E-state index contributed by atoms with van der Waals surface area (Å²) in [5, 5.41) is 8.17. The van der Waals surface area contributed by atoms with Crippen molar-refractivity contribution in [3.05, 3.63) is 36.2 Å². The molecule has 3 aromatic rings. The first kappa shape index (κ1) is 21.1. The van der Waals surface area contributed by atoms with E-state index >= 15 is 0 Å². The Morgan fingerprint density at radius 3 is 2.74 bits per heavy atom. The van der Waals surface area contributed by atoms with Gasteiger partial charge >= 0.3 is 0 Å². The number of hydrogen-bond acceptors (Lipinski definition) is 6. The summed E-state index contributed by atoms with van der Waals surface area (Å²) in [6.07, 6.45) is 2.65. The Bertz CT molecular complexity index is 1120. The number of nitrogens with zero attached hydrogens (tertiary/aromatic N) is 6. The van der Waals surface area contributed by atoms with Gasteiger partial charge in [0.1, 0.15) is 11.5 Å². The van der Waals surface area contributed by atoms with E-state index in [1.807, 2.05) is 14.1 Å². The molecule has 4 rings (SSSR count). The molecule has 0 aromatic carbocycles. The average Bonchev–Trinajstić information content (AvgIpc) is 3.31. The summed E-state index contributed by atoms with van der Waals surface area (Å²) in [6, 6.07) is 6.55. The van der Waals surface area contributed by atoms with E-state index in [0.29, 0.717) is 17.4 Å². The number of fused-ring (bicyclic) bond motifs is 1. The number of rotatable bonds is 5. The first-order valence-corrected chi connectivity index (χ1v) is 10.1. The van der Waals surface area contributed by atoms with Gasteiger partial charge in [0.25, 0.3) is 5.92 Å². The molecule has 10 heteroatoms. The van der Waals surface area contributed by atoms with Crippen LogP contribution < -0.4 is 10.2 Å². The van der Waals surface area contributed by atoms with Crippen LogP contribution in [0.4, 0.5) is 20.4 Å². The third kappa shape index (κ3) is 4.20. The van der Waals surface area contributed by atoms with E-state index in [1.165, 1.54) is 23.7 Å². The quantitative estimate of drug-likeness (QED) is 0.672. The van der Waals surface area contributed by atoms with Crippen LogP contribution in [0.15, 0.2) is 30.5 Å². The third-order valence-corrected chi connectivity index (χ3v) is 5.44. The van der Waals surface area contributed by atoms with Crippen molar-refractivity contribution in [2.24, 2.45) is 0 Å². The Balaban J connectivity index is 1.85. The van der Waals surface area contributed by atoms with Crippen molar-refractivity contribution in [3.8, 4) is 5.82 Å². The van der Waals surface area contributed by atoms with Crippen LogP contribution in [0.2, 0.25) is 0 Å². The van der Waals surface area contributed by atoms with Crippen molar-refractivity contribution in [1.29, 1.82) is 0 Å². The van der Waals surface area contributed by atoms with E-state index in [0.717, 1.165) is 37.6 Å². The van der Waals surface area contributed by atoms with Crippen LogP contribution in [-0.2, 0) is 10.7 Å². The Morgan fingerprint density at radius 2 is 2.10 bits per heavy atom. The minimum atomic E-state index is -3.07. The zero-order valence-electron chi connectivity index (χ0n) is 17.9. The van der Waals surface area contributed by atoms with Crippen LogP contribution in [0.5, 0.6) is 0 Å². The molecule has 3 aromatic heterocycles. The number of aromatic nitrogens is 4. The Kier molecular flexibility index (Phi) is 5.34. The number of carbonyl (C=O) groups excluding carboxylic acids is 1. The Hall–Kier alpha value is -3.14. The van der Waals surface area contributed by atoms with Crippen LogP contribution in [-0.4, -0.2) is 63.8 Å². The van der Waals surface area contributed by atoms with E-state index in [4.69, 9.17) is 5.10 Å². The molecule has 1 atom stereocenters. The predicted molar refractivity (Wildman–Crippen MR) is 115 cm³/mol. The van der Waals surface area contributed by atoms with Crippen molar-refractivity contribution in [2.75, 3.05) is 37.4 Å². The van der Waals surface area contributed by atoms with Gasteiger partial charge in [0, 0.05) is 45.2 Å². The van der Waals surface area contributed by atoms with Gasteiger partial charge in [0.15, 0.2) is 11.6 Å². The first-order valence-electron chi connectivity index (χ1n) is 10.1. The van der Waals surface area contributed by atoms with Gasteiger partial charge in [-0.25, -0.2) is 14.6 Å². The maximum atomic E-state index is 13.9. The second-order valence-electron chi connectivity index (χ2n) is 8.12. The Labute approximate surface area is 178 Å². The molecule has 4 heterocycles. The van der Waals surface area contributed by atoms with E-state index in [1.54, 1.807) is 18.3 Å². The highest BCUT2D eigenvalue weighted by Crippen LogP contribution is 2.32. The van der Waals surface area contributed by atoms with Crippen molar-refractivity contribution < 1.29 is 13.6 Å². The number of nitrogens with one attached hydrogen (secondary N) is 1. The monoisotopic (exact) mass is 429 g/mol. The summed E-state index contributed by atoms with van der Waals surface area (Å²) in [7, 11) is 4.10. The van der Waals surface area contributed by atoms with Crippen LogP contribution in [0.1, 0.15) is 26.0 Å². The van der Waals surface area contributed by atoms with Crippen molar-refractivity contribution >= 4 is 28.4 Å². The highest BCUT2D eigenvalue weighted by Gasteiger charge is 2.29. The van der Waals surface area contributed by atoms with Crippen molar-refractivity contribution in [2.45, 2.75) is 32.2 Å². The number of likely N-dealkylation sites (N-methyl/N-ethyl adjacent to an activating group) is 1. The molecule has 164 valence electrons. The number of carbonyl (C=O) groups is 1. The summed E-state index contributed by atoms with van der Waals surface area (Å²) in [6.45, 7) is 3.83. The summed E-state index contributed by atoms with van der Waals surface area (Å²) >= 11 is 0. The third-order valence-electron chi connectivity index (χ3n) is 5.44. The molecule has 1 aliphatic rings. The highest BCUT2D eigenvalue weighted by atomic mass is 19.3. The molecule has 31 heavy (non-hydrogen) atoms. The molecule has 1 N–H and O–H groups in total. The molecular weight excluding hydrogens is 404 g/mol. The molecule has 1 amide bonds. The first-order chi connectivity index (χ1) is 14.6. The second-order valence-corrected chi connectivity index (χ2v) is 8.12. The maximum absolute atomic E-state index is 13.9. The summed E-state index contributed by atoms with van der Waals surface area (Å²) < 4.78 is 29.3. The summed E-state index contributed by atoms with van der Waals surface area (Å²) in [5.74, 6) is -1.97. The second kappa shape index (κ2) is 7.84. The lowest BCUT2D eigenvalue weighted by atomic mass is 10.2. The van der Waals surface area contributed by atoms with E-state index < -0.39 is 5.92 Å². The van der Waals surface area contributed by atoms with Gasteiger partial charge in [0.05, 0.1) is 10.9 Å². The highest BCUT2D eigenvalue weighted by molar-refractivity contribution is 5.95. The van der Waals surface area contributed by atoms with E-state index in [-0.39, 0.29) is 17.4 Å². The summed E-state index contributed by atoms with van der Waals surface area (Å²) in [4.78, 5) is 24.3. The van der Waals surface area contributed by atoms with Crippen LogP contribution in [0, 0.1) is 0 Å². The lowest BCUT2D eigenvalue weighted by Gasteiger charge is -2.20. The van der Waals surface area contributed by atoms with E-state index in [2.05, 4.69) is 25.1 Å². The molecular formula is C21H25F2N7O. The van der Waals surface area contributed by atoms with Gasteiger partial charge in [-0.15, -0.1) is 5.10 Å². The van der Waals surface area contributed by atoms with Gasteiger partial charge in [-0.1, -0.05) is 6.07 Å². The number of hydrogen-bond donors (Lipinski definition) is 1. The number of alkyl halides is 2. The SMILES string of the molecule is CC(=O)Nc1cc2c(cn1)c(N1CCC(N(C)C)C1)nn2-c1cccc(C(C)(F)F)n1. The smallest absolute Gasteiger partial charge is 0.287 e. The fourth-order valence-corrected chi connectivity index (χ4v) is 3.79. The van der Waals surface area contributed by atoms with Gasteiger partial charge < -0.3 is 15.1 Å². The molecule has 1 aliphatic heterocycles. The van der Waals surface area contributed by atoms with Crippen LogP contribution in [0.25, 0.3) is 16.7 Å². The molecule has 0 bridgehead atoms. The van der Waals surface area contributed by atoms with Crippen LogP contribution >= 0.6 is 0 Å². The maximum Gasteiger partial charge on any atom is 0.287 e. The molecule has 0 spiro atoms. The fourth-order valence-electron chi connectivity index (χ4n) is 3.79. The molecule has 1 saturated heterocycles. The summed E-state index contributed by atoms with van der Waals surface area (Å²) in [5.41, 5.74) is 0.298. The molecule has 8 nitrogen and oxygen atoms in total. The molecule has 0 aliphatic carbocycles. The number of pyridine rings is 2. The van der Waals surface area contributed by atoms with Gasteiger partial charge in [-0.05, 0) is 32.6 Å². The van der Waals surface area contributed by atoms with Gasteiger partial charge in [0.2, 0.25) is 5.91 Å². The fraction of sp³-hybridized carbons (Fsp3) is 0.429. The molecule has 0 saturated carbocycles. The van der Waals surface area contributed by atoms with Crippen molar-refractivity contribution in [3.63, 3.8) is 0 Å². The largest absolute Gasteiger partial charge is 0.353 e. The topological polar surface area (TPSA) is 79.2 Å². The standard InChI is InChI=1S/C21H25F2N7O/c1-13(31)25-18-10-16-15(11-24-18)20(29-9-8-14(12-29)28(3)4)27-30(16)19-7-5-6-17(26-19)21(2,22)23/h5-7,10-11,14H,8-9,12H2,1-4H3,(H,24,25,31). The van der Waals surface area contributed by atoms with Crippen molar-refractivity contribution in [1.82, 2.24) is 24.6 Å². The predicted octanol–water partition coefficient (Wildman–Crippen LogP) is 3.03. The zero-order valence-corrected chi connectivity index (χ0v) is 17.9. The minimum Gasteiger partial charge on any atom is -0.353 e. The lowest BCUT2D eigenvalue weighted by molar-refractivity contribution is -0.114.